The van der Waals surface area contributed by atoms with Crippen LogP contribution in [0.25, 0.3) is 0 Å². The third-order valence-electron chi connectivity index (χ3n) is 1.54. The zero-order chi connectivity index (χ0) is 9.40. The SMILES string of the molecule is CCCC(O)C#CC(O)CCC. The van der Waals surface area contributed by atoms with Crippen LogP contribution in [0.5, 0.6) is 0 Å². The Balaban J connectivity index is 3.68. The van der Waals surface area contributed by atoms with Crippen LogP contribution < -0.4 is 0 Å². The van der Waals surface area contributed by atoms with E-state index in [1.54, 1.807) is 0 Å². The van der Waals surface area contributed by atoms with Crippen LogP contribution in [0.3, 0.4) is 0 Å². The van der Waals surface area contributed by atoms with E-state index in [-0.39, 0.29) is 0 Å². The quantitative estimate of drug-likeness (QED) is 0.624. The minimum atomic E-state index is -0.568. The fourth-order valence-electron chi connectivity index (χ4n) is 0.884. The zero-order valence-corrected chi connectivity index (χ0v) is 7.88. The van der Waals surface area contributed by atoms with Gasteiger partial charge in [0.25, 0.3) is 0 Å². The first-order valence-electron chi connectivity index (χ1n) is 4.57. The number of aliphatic hydroxyl groups excluding tert-OH is 2. The highest BCUT2D eigenvalue weighted by Crippen LogP contribution is 1.96. The Kier molecular flexibility index (Phi) is 6.84. The third-order valence-corrected chi connectivity index (χ3v) is 1.54. The molecule has 0 aliphatic rings. The van der Waals surface area contributed by atoms with Gasteiger partial charge in [-0.05, 0) is 12.8 Å². The lowest BCUT2D eigenvalue weighted by Crippen LogP contribution is -2.06. The fraction of sp³-hybridized carbons (Fsp3) is 0.800. The zero-order valence-electron chi connectivity index (χ0n) is 7.88. The Bertz CT molecular complexity index is 139. The molecule has 0 saturated heterocycles. The molecule has 2 heteroatoms. The summed E-state index contributed by atoms with van der Waals surface area (Å²) < 4.78 is 0. The number of rotatable bonds is 4. The van der Waals surface area contributed by atoms with Crippen LogP contribution in [0.1, 0.15) is 39.5 Å². The van der Waals surface area contributed by atoms with E-state index in [1.165, 1.54) is 0 Å². The lowest BCUT2D eigenvalue weighted by molar-refractivity contribution is 0.210. The summed E-state index contributed by atoms with van der Waals surface area (Å²) in [5.74, 6) is 5.25. The predicted molar refractivity (Wildman–Crippen MR) is 49.6 cm³/mol. The molecule has 2 unspecified atom stereocenters. The molecule has 0 amide bonds. The largest absolute Gasteiger partial charge is 0.380 e. The highest BCUT2D eigenvalue weighted by atomic mass is 16.3. The van der Waals surface area contributed by atoms with Crippen LogP contribution in [-0.4, -0.2) is 22.4 Å². The van der Waals surface area contributed by atoms with E-state index < -0.39 is 12.2 Å². The molecule has 0 aliphatic heterocycles. The molecule has 0 spiro atoms. The molecule has 0 bridgehead atoms. The van der Waals surface area contributed by atoms with Gasteiger partial charge in [0, 0.05) is 0 Å². The summed E-state index contributed by atoms with van der Waals surface area (Å²) in [6, 6.07) is 0. The Hall–Kier alpha value is -0.520. The molecular weight excluding hydrogens is 152 g/mol. The molecule has 2 N–H and O–H groups in total. The van der Waals surface area contributed by atoms with Gasteiger partial charge in [-0.3, -0.25) is 0 Å². The first-order valence-corrected chi connectivity index (χ1v) is 4.57. The second kappa shape index (κ2) is 7.15. The minimum absolute atomic E-state index is 0.568. The van der Waals surface area contributed by atoms with Gasteiger partial charge in [0.05, 0.1) is 0 Å². The van der Waals surface area contributed by atoms with Crippen molar-refractivity contribution in [2.45, 2.75) is 51.7 Å². The van der Waals surface area contributed by atoms with Crippen LogP contribution >= 0.6 is 0 Å². The summed E-state index contributed by atoms with van der Waals surface area (Å²) in [6.45, 7) is 3.99. The second-order valence-electron chi connectivity index (χ2n) is 2.90. The summed E-state index contributed by atoms with van der Waals surface area (Å²) in [6.07, 6.45) is 2.07. The molecule has 0 radical (unpaired) electrons. The Labute approximate surface area is 74.6 Å². The van der Waals surface area contributed by atoms with Gasteiger partial charge >= 0.3 is 0 Å². The standard InChI is InChI=1S/C10H18O2/c1-3-5-9(11)7-8-10(12)6-4-2/h9-12H,3-6H2,1-2H3. The van der Waals surface area contributed by atoms with Crippen molar-refractivity contribution in [3.8, 4) is 11.8 Å². The van der Waals surface area contributed by atoms with E-state index in [0.717, 1.165) is 12.8 Å². The normalized spacial score (nSPS) is 14.7. The summed E-state index contributed by atoms with van der Waals surface area (Å²) in [7, 11) is 0. The van der Waals surface area contributed by atoms with E-state index in [9.17, 15) is 10.2 Å². The van der Waals surface area contributed by atoms with Crippen LogP contribution in [-0.2, 0) is 0 Å². The van der Waals surface area contributed by atoms with Gasteiger partial charge in [0.1, 0.15) is 12.2 Å². The summed E-state index contributed by atoms with van der Waals surface area (Å²) >= 11 is 0. The van der Waals surface area contributed by atoms with Gasteiger partial charge in [-0.2, -0.15) is 0 Å². The molecule has 0 aromatic rings. The molecule has 12 heavy (non-hydrogen) atoms. The lowest BCUT2D eigenvalue weighted by Gasteiger charge is -2.01. The van der Waals surface area contributed by atoms with E-state index >= 15 is 0 Å². The van der Waals surface area contributed by atoms with Gasteiger partial charge < -0.3 is 10.2 Å². The topological polar surface area (TPSA) is 40.5 Å². The Morgan fingerprint density at radius 3 is 1.50 bits per heavy atom. The molecule has 0 heterocycles. The monoisotopic (exact) mass is 170 g/mol. The molecule has 2 atom stereocenters. The maximum Gasteiger partial charge on any atom is 0.114 e. The van der Waals surface area contributed by atoms with Gasteiger partial charge in [0.15, 0.2) is 0 Å². The van der Waals surface area contributed by atoms with Gasteiger partial charge in [-0.15, -0.1) is 0 Å². The van der Waals surface area contributed by atoms with E-state index in [2.05, 4.69) is 11.8 Å². The average Bonchev–Trinajstić information content (AvgIpc) is 2.02. The lowest BCUT2D eigenvalue weighted by atomic mass is 10.2. The van der Waals surface area contributed by atoms with E-state index in [0.29, 0.717) is 12.8 Å². The van der Waals surface area contributed by atoms with Crippen molar-refractivity contribution in [3.63, 3.8) is 0 Å². The van der Waals surface area contributed by atoms with Gasteiger partial charge in [-0.25, -0.2) is 0 Å². The minimum Gasteiger partial charge on any atom is -0.380 e. The van der Waals surface area contributed by atoms with E-state index in [4.69, 9.17) is 0 Å². The first kappa shape index (κ1) is 11.5. The summed E-state index contributed by atoms with van der Waals surface area (Å²) in [5, 5.41) is 18.4. The van der Waals surface area contributed by atoms with Crippen LogP contribution in [0.15, 0.2) is 0 Å². The number of hydrogen-bond acceptors (Lipinski definition) is 2. The molecule has 0 aromatic heterocycles. The average molecular weight is 170 g/mol. The number of hydrogen-bond donors (Lipinski definition) is 2. The Morgan fingerprint density at radius 1 is 0.917 bits per heavy atom. The van der Waals surface area contributed by atoms with Crippen molar-refractivity contribution in [2.75, 3.05) is 0 Å². The van der Waals surface area contributed by atoms with E-state index in [1.807, 2.05) is 13.8 Å². The molecule has 70 valence electrons. The maximum absolute atomic E-state index is 9.18. The highest BCUT2D eigenvalue weighted by Gasteiger charge is 1.98. The van der Waals surface area contributed by atoms with Crippen LogP contribution in [0.2, 0.25) is 0 Å². The van der Waals surface area contributed by atoms with Crippen LogP contribution in [0.4, 0.5) is 0 Å². The molecule has 0 aliphatic carbocycles. The third kappa shape index (κ3) is 6.21. The molecule has 0 rings (SSSR count). The molecule has 2 nitrogen and oxygen atoms in total. The van der Waals surface area contributed by atoms with Crippen LogP contribution in [0, 0.1) is 11.8 Å². The van der Waals surface area contributed by atoms with Crippen molar-refractivity contribution in [1.82, 2.24) is 0 Å². The highest BCUT2D eigenvalue weighted by molar-refractivity contribution is 5.08. The summed E-state index contributed by atoms with van der Waals surface area (Å²) in [5.41, 5.74) is 0. The van der Waals surface area contributed by atoms with Crippen molar-refractivity contribution in [1.29, 1.82) is 0 Å². The predicted octanol–water partition coefficient (Wildman–Crippen LogP) is 1.31. The molecule has 0 saturated carbocycles. The first-order chi connectivity index (χ1) is 5.70. The smallest absolute Gasteiger partial charge is 0.114 e. The Morgan fingerprint density at radius 2 is 1.25 bits per heavy atom. The second-order valence-corrected chi connectivity index (χ2v) is 2.90. The van der Waals surface area contributed by atoms with Gasteiger partial charge in [0.2, 0.25) is 0 Å². The molecule has 0 fully saturated rings. The number of aliphatic hydroxyl groups is 2. The van der Waals surface area contributed by atoms with Crippen molar-refractivity contribution >= 4 is 0 Å². The van der Waals surface area contributed by atoms with Gasteiger partial charge in [-0.1, -0.05) is 38.5 Å². The summed E-state index contributed by atoms with van der Waals surface area (Å²) in [4.78, 5) is 0. The molecule has 0 aromatic carbocycles. The fourth-order valence-corrected chi connectivity index (χ4v) is 0.884. The molecular formula is C10H18O2. The van der Waals surface area contributed by atoms with Crippen molar-refractivity contribution in [3.05, 3.63) is 0 Å². The van der Waals surface area contributed by atoms with Crippen molar-refractivity contribution < 1.29 is 10.2 Å². The van der Waals surface area contributed by atoms with Crippen molar-refractivity contribution in [2.24, 2.45) is 0 Å². The maximum atomic E-state index is 9.18.